The van der Waals surface area contributed by atoms with Gasteiger partial charge < -0.3 is 9.64 Å². The molecule has 0 saturated heterocycles. The van der Waals surface area contributed by atoms with Crippen molar-refractivity contribution in [3.8, 4) is 0 Å². The lowest BCUT2D eigenvalue weighted by Crippen LogP contribution is -2.32. The van der Waals surface area contributed by atoms with E-state index in [1.165, 1.54) is 4.88 Å². The highest BCUT2D eigenvalue weighted by Crippen LogP contribution is 2.12. The van der Waals surface area contributed by atoms with E-state index in [-0.39, 0.29) is 12.2 Å². The molecular weight excluding hydrogens is 210 g/mol. The summed E-state index contributed by atoms with van der Waals surface area (Å²) in [6.07, 6.45) is -0.296. The molecule has 84 valence electrons. The minimum Gasteiger partial charge on any atom is -0.447 e. The van der Waals surface area contributed by atoms with Crippen molar-refractivity contribution in [2.24, 2.45) is 0 Å². The minimum absolute atomic E-state index is 0.0603. The molecule has 15 heavy (non-hydrogen) atoms. The van der Waals surface area contributed by atoms with Gasteiger partial charge in [0.2, 0.25) is 0 Å². The third kappa shape index (κ3) is 3.91. The van der Waals surface area contributed by atoms with Crippen LogP contribution in [0.15, 0.2) is 17.5 Å². The monoisotopic (exact) mass is 227 g/mol. The van der Waals surface area contributed by atoms with Crippen molar-refractivity contribution in [3.63, 3.8) is 0 Å². The number of carbonyl (C=O) groups excluding carboxylic acids is 1. The summed E-state index contributed by atoms with van der Waals surface area (Å²) >= 11 is 1.65. The van der Waals surface area contributed by atoms with Crippen LogP contribution in [0.4, 0.5) is 4.79 Å². The minimum atomic E-state index is -0.235. The SMILES string of the molecule is CCN(Cc1cccs1)C(=O)OC(C)C. The number of hydrogen-bond donors (Lipinski definition) is 0. The van der Waals surface area contributed by atoms with E-state index in [1.54, 1.807) is 16.2 Å². The predicted molar refractivity (Wildman–Crippen MR) is 62.0 cm³/mol. The van der Waals surface area contributed by atoms with Crippen LogP contribution in [0.5, 0.6) is 0 Å². The van der Waals surface area contributed by atoms with E-state index in [2.05, 4.69) is 0 Å². The number of nitrogens with zero attached hydrogens (tertiary/aromatic N) is 1. The van der Waals surface area contributed by atoms with E-state index < -0.39 is 0 Å². The molecule has 3 nitrogen and oxygen atoms in total. The van der Waals surface area contributed by atoms with Gasteiger partial charge in [0.05, 0.1) is 12.6 Å². The van der Waals surface area contributed by atoms with E-state index in [4.69, 9.17) is 4.74 Å². The number of amides is 1. The Morgan fingerprint density at radius 2 is 2.33 bits per heavy atom. The zero-order chi connectivity index (χ0) is 11.3. The van der Waals surface area contributed by atoms with Gasteiger partial charge in [-0.3, -0.25) is 0 Å². The van der Waals surface area contributed by atoms with Crippen LogP contribution < -0.4 is 0 Å². The summed E-state index contributed by atoms with van der Waals surface area (Å²) < 4.78 is 5.14. The quantitative estimate of drug-likeness (QED) is 0.791. The van der Waals surface area contributed by atoms with Gasteiger partial charge >= 0.3 is 6.09 Å². The lowest BCUT2D eigenvalue weighted by Gasteiger charge is -2.20. The predicted octanol–water partition coefficient (Wildman–Crippen LogP) is 3.12. The average molecular weight is 227 g/mol. The molecule has 1 aromatic rings. The van der Waals surface area contributed by atoms with E-state index >= 15 is 0 Å². The molecule has 0 bridgehead atoms. The molecule has 1 heterocycles. The lowest BCUT2D eigenvalue weighted by molar-refractivity contribution is 0.0765. The fraction of sp³-hybridized carbons (Fsp3) is 0.545. The fourth-order valence-corrected chi connectivity index (χ4v) is 1.89. The van der Waals surface area contributed by atoms with Crippen LogP contribution in [-0.4, -0.2) is 23.6 Å². The highest BCUT2D eigenvalue weighted by atomic mass is 32.1. The zero-order valence-electron chi connectivity index (χ0n) is 9.40. The second kappa shape index (κ2) is 5.75. The number of ether oxygens (including phenoxy) is 1. The van der Waals surface area contributed by atoms with Crippen molar-refractivity contribution in [1.29, 1.82) is 0 Å². The standard InChI is InChI=1S/C11H17NO2S/c1-4-12(11(13)14-9(2)3)8-10-6-5-7-15-10/h5-7,9H,4,8H2,1-3H3. The fourth-order valence-electron chi connectivity index (χ4n) is 1.17. The molecule has 0 N–H and O–H groups in total. The van der Waals surface area contributed by atoms with Gasteiger partial charge in [0, 0.05) is 11.4 Å². The first kappa shape index (κ1) is 12.0. The molecule has 1 amide bonds. The van der Waals surface area contributed by atoms with Crippen LogP contribution in [0.25, 0.3) is 0 Å². The molecule has 0 aliphatic heterocycles. The van der Waals surface area contributed by atoms with Crippen molar-refractivity contribution in [2.75, 3.05) is 6.54 Å². The molecule has 0 aliphatic rings. The molecule has 0 atom stereocenters. The summed E-state index contributed by atoms with van der Waals surface area (Å²) in [5.41, 5.74) is 0. The molecule has 4 heteroatoms. The van der Waals surface area contributed by atoms with E-state index in [0.29, 0.717) is 13.1 Å². The number of rotatable bonds is 4. The van der Waals surface area contributed by atoms with Crippen molar-refractivity contribution in [2.45, 2.75) is 33.4 Å². The van der Waals surface area contributed by atoms with Crippen molar-refractivity contribution >= 4 is 17.4 Å². The number of carbonyl (C=O) groups is 1. The van der Waals surface area contributed by atoms with Crippen LogP contribution in [0.2, 0.25) is 0 Å². The van der Waals surface area contributed by atoms with Gasteiger partial charge in [-0.15, -0.1) is 11.3 Å². The highest BCUT2D eigenvalue weighted by molar-refractivity contribution is 7.09. The van der Waals surface area contributed by atoms with Gasteiger partial charge in [-0.25, -0.2) is 4.79 Å². The van der Waals surface area contributed by atoms with Crippen LogP contribution in [0, 0.1) is 0 Å². The van der Waals surface area contributed by atoms with Crippen LogP contribution >= 0.6 is 11.3 Å². The Kier molecular flexibility index (Phi) is 4.62. The summed E-state index contributed by atoms with van der Waals surface area (Å²) in [7, 11) is 0. The maximum atomic E-state index is 11.6. The number of hydrogen-bond acceptors (Lipinski definition) is 3. The summed E-state index contributed by atoms with van der Waals surface area (Å²) in [5.74, 6) is 0. The van der Waals surface area contributed by atoms with Gasteiger partial charge in [0.25, 0.3) is 0 Å². The average Bonchev–Trinajstić information content (AvgIpc) is 2.65. The topological polar surface area (TPSA) is 29.5 Å². The Labute approximate surface area is 94.7 Å². The summed E-state index contributed by atoms with van der Waals surface area (Å²) in [6.45, 7) is 6.98. The Morgan fingerprint density at radius 3 is 2.80 bits per heavy atom. The molecule has 0 saturated carbocycles. The van der Waals surface area contributed by atoms with E-state index in [9.17, 15) is 4.79 Å². The Balaban J connectivity index is 2.52. The molecular formula is C11H17NO2S. The van der Waals surface area contributed by atoms with E-state index in [1.807, 2.05) is 38.3 Å². The smallest absolute Gasteiger partial charge is 0.410 e. The van der Waals surface area contributed by atoms with Gasteiger partial charge in [-0.05, 0) is 32.2 Å². The van der Waals surface area contributed by atoms with Crippen molar-refractivity contribution in [1.82, 2.24) is 4.90 Å². The van der Waals surface area contributed by atoms with Crippen molar-refractivity contribution in [3.05, 3.63) is 22.4 Å². The van der Waals surface area contributed by atoms with Gasteiger partial charge in [-0.1, -0.05) is 6.07 Å². The molecule has 0 aromatic carbocycles. The summed E-state index contributed by atoms with van der Waals surface area (Å²) in [5, 5.41) is 2.01. The Hall–Kier alpha value is -1.03. The second-order valence-corrected chi connectivity index (χ2v) is 4.56. The van der Waals surface area contributed by atoms with Gasteiger partial charge in [0.1, 0.15) is 0 Å². The van der Waals surface area contributed by atoms with Gasteiger partial charge in [-0.2, -0.15) is 0 Å². The van der Waals surface area contributed by atoms with Crippen molar-refractivity contribution < 1.29 is 9.53 Å². The molecule has 0 fully saturated rings. The normalized spacial score (nSPS) is 10.4. The lowest BCUT2D eigenvalue weighted by atomic mass is 10.4. The molecule has 0 aliphatic carbocycles. The first-order chi connectivity index (χ1) is 7.13. The molecule has 0 unspecified atom stereocenters. The summed E-state index contributed by atoms with van der Waals surface area (Å²) in [6, 6.07) is 4.01. The maximum absolute atomic E-state index is 11.6. The maximum Gasteiger partial charge on any atom is 0.410 e. The van der Waals surface area contributed by atoms with Crippen LogP contribution in [0.3, 0.4) is 0 Å². The number of thiophene rings is 1. The van der Waals surface area contributed by atoms with Crippen LogP contribution in [0.1, 0.15) is 25.6 Å². The first-order valence-corrected chi connectivity index (χ1v) is 5.99. The second-order valence-electron chi connectivity index (χ2n) is 3.53. The first-order valence-electron chi connectivity index (χ1n) is 5.11. The third-order valence-corrected chi connectivity index (χ3v) is 2.76. The zero-order valence-corrected chi connectivity index (χ0v) is 10.2. The molecule has 0 spiro atoms. The van der Waals surface area contributed by atoms with E-state index in [0.717, 1.165) is 0 Å². The molecule has 1 aromatic heterocycles. The van der Waals surface area contributed by atoms with Crippen LogP contribution in [-0.2, 0) is 11.3 Å². The third-order valence-electron chi connectivity index (χ3n) is 1.90. The largest absolute Gasteiger partial charge is 0.447 e. The highest BCUT2D eigenvalue weighted by Gasteiger charge is 2.14. The summed E-state index contributed by atoms with van der Waals surface area (Å²) in [4.78, 5) is 14.5. The molecule has 1 rings (SSSR count). The molecule has 0 radical (unpaired) electrons. The Morgan fingerprint density at radius 1 is 1.60 bits per heavy atom. The van der Waals surface area contributed by atoms with Gasteiger partial charge in [0.15, 0.2) is 0 Å². The Bertz CT molecular complexity index is 296.